The fourth-order valence-corrected chi connectivity index (χ4v) is 5.74. The Kier molecular flexibility index (Phi) is 3.69. The van der Waals surface area contributed by atoms with Crippen LogP contribution in [0.2, 0.25) is 0 Å². The maximum atomic E-state index is 13.1. The summed E-state index contributed by atoms with van der Waals surface area (Å²) in [5, 5.41) is 6.22. The molecule has 128 valence electrons. The molecule has 2 amide bonds. The molecule has 4 bridgehead atoms. The normalized spacial score (nSPS) is 39.3. The Bertz CT molecular complexity index is 474. The third kappa shape index (κ3) is 2.89. The molecule has 0 radical (unpaired) electrons. The van der Waals surface area contributed by atoms with Gasteiger partial charge in [-0.1, -0.05) is 13.8 Å². The van der Waals surface area contributed by atoms with Crippen LogP contribution in [-0.4, -0.2) is 23.9 Å². The summed E-state index contributed by atoms with van der Waals surface area (Å²) >= 11 is 0. The summed E-state index contributed by atoms with van der Waals surface area (Å²) in [6.45, 7) is 4.05. The summed E-state index contributed by atoms with van der Waals surface area (Å²) in [5.74, 6) is 2.58. The molecule has 5 rings (SSSR count). The van der Waals surface area contributed by atoms with E-state index in [4.69, 9.17) is 0 Å². The van der Waals surface area contributed by atoms with Gasteiger partial charge < -0.3 is 10.6 Å². The van der Waals surface area contributed by atoms with Gasteiger partial charge in [-0.3, -0.25) is 9.59 Å². The van der Waals surface area contributed by atoms with Crippen molar-refractivity contribution in [3.05, 3.63) is 0 Å². The third-order valence-electron chi connectivity index (χ3n) is 6.68. The molecule has 0 aliphatic heterocycles. The number of amides is 2. The van der Waals surface area contributed by atoms with Gasteiger partial charge in [-0.05, 0) is 75.0 Å². The van der Waals surface area contributed by atoms with Crippen LogP contribution in [-0.2, 0) is 9.59 Å². The van der Waals surface area contributed by atoms with E-state index in [1.807, 2.05) is 13.8 Å². The van der Waals surface area contributed by atoms with Gasteiger partial charge in [0.05, 0.1) is 0 Å². The van der Waals surface area contributed by atoms with Crippen LogP contribution in [0.25, 0.3) is 0 Å². The monoisotopic (exact) mass is 318 g/mol. The van der Waals surface area contributed by atoms with Crippen molar-refractivity contribution in [1.82, 2.24) is 10.6 Å². The van der Waals surface area contributed by atoms with Gasteiger partial charge in [-0.2, -0.15) is 0 Å². The van der Waals surface area contributed by atoms with Crippen LogP contribution in [0.4, 0.5) is 0 Å². The molecule has 5 saturated carbocycles. The Morgan fingerprint density at radius 3 is 1.91 bits per heavy atom. The van der Waals surface area contributed by atoms with Crippen molar-refractivity contribution >= 4 is 11.8 Å². The highest BCUT2D eigenvalue weighted by Gasteiger charge is 2.55. The summed E-state index contributed by atoms with van der Waals surface area (Å²) < 4.78 is 0. The number of carbonyl (C=O) groups is 2. The van der Waals surface area contributed by atoms with Gasteiger partial charge in [0, 0.05) is 11.5 Å². The molecule has 0 saturated heterocycles. The number of rotatable bonds is 5. The molecule has 5 fully saturated rings. The first-order valence-electron chi connectivity index (χ1n) is 9.56. The SMILES string of the molecule is CC(C)[C@H](NC(=O)C12CC3CC(CC(C3)C1)C2)C(=O)NC1CC1. The maximum Gasteiger partial charge on any atom is 0.243 e. The zero-order chi connectivity index (χ0) is 16.2. The van der Waals surface area contributed by atoms with Gasteiger partial charge in [0.2, 0.25) is 11.8 Å². The Morgan fingerprint density at radius 2 is 1.48 bits per heavy atom. The molecule has 5 aliphatic rings. The second-order valence-corrected chi connectivity index (χ2v) is 9.18. The van der Waals surface area contributed by atoms with Gasteiger partial charge in [0.15, 0.2) is 0 Å². The van der Waals surface area contributed by atoms with E-state index in [1.165, 1.54) is 19.3 Å². The van der Waals surface area contributed by atoms with Gasteiger partial charge >= 0.3 is 0 Å². The summed E-state index contributed by atoms with van der Waals surface area (Å²) in [7, 11) is 0. The van der Waals surface area contributed by atoms with E-state index < -0.39 is 0 Å². The largest absolute Gasteiger partial charge is 0.352 e. The Morgan fingerprint density at radius 1 is 0.957 bits per heavy atom. The minimum Gasteiger partial charge on any atom is -0.352 e. The van der Waals surface area contributed by atoms with Crippen LogP contribution in [0.5, 0.6) is 0 Å². The molecule has 23 heavy (non-hydrogen) atoms. The highest BCUT2D eigenvalue weighted by Crippen LogP contribution is 2.60. The fraction of sp³-hybridized carbons (Fsp3) is 0.895. The number of nitrogens with one attached hydrogen (secondary N) is 2. The van der Waals surface area contributed by atoms with E-state index in [1.54, 1.807) is 0 Å². The molecule has 1 atom stereocenters. The van der Waals surface area contributed by atoms with Crippen LogP contribution in [0.1, 0.15) is 65.2 Å². The van der Waals surface area contributed by atoms with Crippen molar-refractivity contribution in [1.29, 1.82) is 0 Å². The van der Waals surface area contributed by atoms with Crippen LogP contribution >= 0.6 is 0 Å². The highest BCUT2D eigenvalue weighted by atomic mass is 16.2. The molecular formula is C19H30N2O2. The van der Waals surface area contributed by atoms with E-state index in [0.717, 1.165) is 49.9 Å². The highest BCUT2D eigenvalue weighted by molar-refractivity contribution is 5.90. The molecule has 5 aliphatic carbocycles. The predicted octanol–water partition coefficient (Wildman–Crippen LogP) is 2.62. The molecule has 0 heterocycles. The Labute approximate surface area is 139 Å². The third-order valence-corrected chi connectivity index (χ3v) is 6.68. The van der Waals surface area contributed by atoms with Gasteiger partial charge in [0.25, 0.3) is 0 Å². The minimum atomic E-state index is -0.379. The van der Waals surface area contributed by atoms with Crippen molar-refractivity contribution in [3.63, 3.8) is 0 Å². The first-order chi connectivity index (χ1) is 10.9. The summed E-state index contributed by atoms with van der Waals surface area (Å²) in [4.78, 5) is 25.6. The van der Waals surface area contributed by atoms with Gasteiger partial charge in [0.1, 0.15) is 6.04 Å². The molecule has 4 nitrogen and oxygen atoms in total. The average molecular weight is 318 g/mol. The molecule has 2 N–H and O–H groups in total. The first kappa shape index (κ1) is 15.5. The molecule has 4 heteroatoms. The van der Waals surface area contributed by atoms with Gasteiger partial charge in [-0.25, -0.2) is 0 Å². The standard InChI is InChI=1S/C19H30N2O2/c1-11(2)16(17(22)20-15-3-4-15)21-18(23)19-8-12-5-13(9-19)7-14(6-12)10-19/h11-16H,3-10H2,1-2H3,(H,20,22)(H,21,23)/t12?,13?,14?,16-,19?/m0/s1. The van der Waals surface area contributed by atoms with E-state index in [0.29, 0.717) is 6.04 Å². The van der Waals surface area contributed by atoms with E-state index >= 15 is 0 Å². The molecule has 0 spiro atoms. The molecule has 0 aromatic heterocycles. The lowest BCUT2D eigenvalue weighted by Gasteiger charge is -2.55. The first-order valence-corrected chi connectivity index (χ1v) is 9.56. The second kappa shape index (κ2) is 5.49. The van der Waals surface area contributed by atoms with Crippen molar-refractivity contribution in [3.8, 4) is 0 Å². The molecular weight excluding hydrogens is 288 g/mol. The number of carbonyl (C=O) groups excluding carboxylic acids is 2. The van der Waals surface area contributed by atoms with E-state index in [2.05, 4.69) is 10.6 Å². The van der Waals surface area contributed by atoms with Crippen molar-refractivity contribution < 1.29 is 9.59 Å². The molecule has 0 aromatic rings. The minimum absolute atomic E-state index is 0.0144. The van der Waals surface area contributed by atoms with E-state index in [9.17, 15) is 9.59 Å². The summed E-state index contributed by atoms with van der Waals surface area (Å²) in [6, 6.07) is -0.0312. The smallest absolute Gasteiger partial charge is 0.243 e. The molecule has 0 unspecified atom stereocenters. The average Bonchev–Trinajstić information content (AvgIpc) is 3.26. The predicted molar refractivity (Wildman–Crippen MR) is 88.5 cm³/mol. The van der Waals surface area contributed by atoms with E-state index in [-0.39, 0.29) is 29.2 Å². The topological polar surface area (TPSA) is 58.2 Å². The lowest BCUT2D eigenvalue weighted by Crippen LogP contribution is -2.58. The number of hydrogen-bond acceptors (Lipinski definition) is 2. The van der Waals surface area contributed by atoms with Crippen LogP contribution in [0.3, 0.4) is 0 Å². The zero-order valence-electron chi connectivity index (χ0n) is 14.4. The lowest BCUT2D eigenvalue weighted by molar-refractivity contribution is -0.149. The second-order valence-electron chi connectivity index (χ2n) is 9.18. The zero-order valence-corrected chi connectivity index (χ0v) is 14.4. The maximum absolute atomic E-state index is 13.1. The summed E-state index contributed by atoms with van der Waals surface area (Å²) in [6.07, 6.45) is 9.34. The van der Waals surface area contributed by atoms with Crippen LogP contribution < -0.4 is 10.6 Å². The fourth-order valence-electron chi connectivity index (χ4n) is 5.74. The Balaban J connectivity index is 1.46. The van der Waals surface area contributed by atoms with Crippen molar-refractivity contribution in [2.75, 3.05) is 0 Å². The van der Waals surface area contributed by atoms with Gasteiger partial charge in [-0.15, -0.1) is 0 Å². The Hall–Kier alpha value is -1.06. The number of hydrogen-bond donors (Lipinski definition) is 2. The van der Waals surface area contributed by atoms with Crippen molar-refractivity contribution in [2.45, 2.75) is 77.3 Å². The molecule has 0 aromatic carbocycles. The van der Waals surface area contributed by atoms with Crippen LogP contribution in [0, 0.1) is 29.1 Å². The quantitative estimate of drug-likeness (QED) is 0.818. The van der Waals surface area contributed by atoms with Crippen molar-refractivity contribution in [2.24, 2.45) is 29.1 Å². The lowest BCUT2D eigenvalue weighted by atomic mass is 9.49. The van der Waals surface area contributed by atoms with Crippen LogP contribution in [0.15, 0.2) is 0 Å². The summed E-state index contributed by atoms with van der Waals surface area (Å²) in [5.41, 5.74) is -0.165.